The Bertz CT molecular complexity index is 179. The Balaban J connectivity index is 2.57. The highest BCUT2D eigenvalue weighted by atomic mass is 16.6. The van der Waals surface area contributed by atoms with Crippen molar-refractivity contribution in [3.63, 3.8) is 0 Å². The van der Waals surface area contributed by atoms with Crippen molar-refractivity contribution in [3.05, 3.63) is 0 Å². The molecule has 1 rings (SSSR count). The number of rotatable bonds is 3. The van der Waals surface area contributed by atoms with Crippen molar-refractivity contribution in [3.8, 4) is 0 Å². The number of esters is 1. The third-order valence-corrected chi connectivity index (χ3v) is 2.66. The van der Waals surface area contributed by atoms with Gasteiger partial charge in [-0.1, -0.05) is 13.8 Å². The van der Waals surface area contributed by atoms with Gasteiger partial charge in [0.2, 0.25) is 0 Å². The van der Waals surface area contributed by atoms with Crippen LogP contribution in [0.25, 0.3) is 0 Å². The Labute approximate surface area is 80.7 Å². The molecule has 0 aromatic carbocycles. The van der Waals surface area contributed by atoms with Crippen molar-refractivity contribution < 1.29 is 9.53 Å². The van der Waals surface area contributed by atoms with Crippen molar-refractivity contribution in [1.82, 2.24) is 0 Å². The second-order valence-electron chi connectivity index (χ2n) is 4.58. The molecular weight excluding hydrogens is 164 g/mol. The molecule has 76 valence electrons. The first-order valence-electron chi connectivity index (χ1n) is 5.24. The summed E-state index contributed by atoms with van der Waals surface area (Å²) >= 11 is 0. The zero-order valence-corrected chi connectivity index (χ0v) is 8.93. The molecule has 1 saturated carbocycles. The van der Waals surface area contributed by atoms with Crippen LogP contribution in [-0.4, -0.2) is 11.6 Å². The molecule has 13 heavy (non-hydrogen) atoms. The van der Waals surface area contributed by atoms with Crippen LogP contribution in [0.4, 0.5) is 0 Å². The highest BCUT2D eigenvalue weighted by Gasteiger charge is 2.37. The molecule has 1 fully saturated rings. The SMILES string of the molecule is CC(=O)OC1(CC(C)C)CCCC1. The maximum absolute atomic E-state index is 11.0. The second-order valence-corrected chi connectivity index (χ2v) is 4.58. The smallest absolute Gasteiger partial charge is 0.303 e. The van der Waals surface area contributed by atoms with E-state index in [-0.39, 0.29) is 11.6 Å². The van der Waals surface area contributed by atoms with Crippen LogP contribution in [0, 0.1) is 5.92 Å². The topological polar surface area (TPSA) is 26.3 Å². The predicted octanol–water partition coefficient (Wildman–Crippen LogP) is 2.91. The summed E-state index contributed by atoms with van der Waals surface area (Å²) in [6.07, 6.45) is 5.56. The molecule has 0 amide bonds. The molecule has 0 aromatic heterocycles. The Morgan fingerprint density at radius 3 is 2.31 bits per heavy atom. The van der Waals surface area contributed by atoms with Crippen molar-refractivity contribution in [1.29, 1.82) is 0 Å². The lowest BCUT2D eigenvalue weighted by Gasteiger charge is -2.30. The van der Waals surface area contributed by atoms with Gasteiger partial charge in [-0.2, -0.15) is 0 Å². The van der Waals surface area contributed by atoms with E-state index in [0.717, 1.165) is 19.3 Å². The quantitative estimate of drug-likeness (QED) is 0.630. The Hall–Kier alpha value is -0.530. The van der Waals surface area contributed by atoms with E-state index in [9.17, 15) is 4.79 Å². The van der Waals surface area contributed by atoms with Gasteiger partial charge in [-0.3, -0.25) is 4.79 Å². The third-order valence-electron chi connectivity index (χ3n) is 2.66. The van der Waals surface area contributed by atoms with Crippen LogP contribution in [0.2, 0.25) is 0 Å². The Kier molecular flexibility index (Phi) is 3.34. The molecule has 0 saturated heterocycles. The molecule has 0 atom stereocenters. The van der Waals surface area contributed by atoms with Crippen LogP contribution >= 0.6 is 0 Å². The fourth-order valence-corrected chi connectivity index (χ4v) is 2.42. The lowest BCUT2D eigenvalue weighted by molar-refractivity contribution is -0.158. The van der Waals surface area contributed by atoms with E-state index >= 15 is 0 Å². The van der Waals surface area contributed by atoms with E-state index < -0.39 is 0 Å². The van der Waals surface area contributed by atoms with Gasteiger partial charge in [-0.05, 0) is 38.0 Å². The number of ether oxygens (including phenoxy) is 1. The van der Waals surface area contributed by atoms with Crippen LogP contribution in [0.5, 0.6) is 0 Å². The second kappa shape index (κ2) is 4.12. The largest absolute Gasteiger partial charge is 0.459 e. The summed E-state index contributed by atoms with van der Waals surface area (Å²) < 4.78 is 5.47. The van der Waals surface area contributed by atoms with Crippen molar-refractivity contribution in [2.24, 2.45) is 5.92 Å². The maximum Gasteiger partial charge on any atom is 0.303 e. The monoisotopic (exact) mass is 184 g/mol. The van der Waals surface area contributed by atoms with Crippen molar-refractivity contribution in [2.75, 3.05) is 0 Å². The minimum atomic E-state index is -0.123. The predicted molar refractivity (Wildman–Crippen MR) is 52.4 cm³/mol. The number of hydrogen-bond acceptors (Lipinski definition) is 2. The van der Waals surface area contributed by atoms with Gasteiger partial charge >= 0.3 is 5.97 Å². The molecule has 0 radical (unpaired) electrons. The summed E-state index contributed by atoms with van der Waals surface area (Å²) in [5.41, 5.74) is -0.111. The molecule has 0 N–H and O–H groups in total. The summed E-state index contributed by atoms with van der Waals surface area (Å²) in [4.78, 5) is 11.0. The van der Waals surface area contributed by atoms with Gasteiger partial charge in [0, 0.05) is 6.92 Å². The fraction of sp³-hybridized carbons (Fsp3) is 0.909. The highest BCUT2D eigenvalue weighted by molar-refractivity contribution is 5.66. The van der Waals surface area contributed by atoms with E-state index in [1.807, 2.05) is 0 Å². The summed E-state index contributed by atoms with van der Waals surface area (Å²) in [5, 5.41) is 0. The van der Waals surface area contributed by atoms with Crippen LogP contribution in [-0.2, 0) is 9.53 Å². The normalized spacial score (nSPS) is 20.6. The minimum Gasteiger partial charge on any atom is -0.459 e. The van der Waals surface area contributed by atoms with E-state index in [1.165, 1.54) is 19.8 Å². The van der Waals surface area contributed by atoms with E-state index in [4.69, 9.17) is 4.74 Å². The fourth-order valence-electron chi connectivity index (χ4n) is 2.42. The molecular formula is C11H20O2. The summed E-state index contributed by atoms with van der Waals surface area (Å²) in [7, 11) is 0. The first kappa shape index (κ1) is 10.6. The zero-order chi connectivity index (χ0) is 9.90. The highest BCUT2D eigenvalue weighted by Crippen LogP contribution is 2.38. The summed E-state index contributed by atoms with van der Waals surface area (Å²) in [6, 6.07) is 0. The summed E-state index contributed by atoms with van der Waals surface area (Å²) in [5.74, 6) is 0.486. The van der Waals surface area contributed by atoms with Gasteiger partial charge in [-0.25, -0.2) is 0 Å². The Morgan fingerprint density at radius 2 is 1.92 bits per heavy atom. The van der Waals surface area contributed by atoms with Crippen LogP contribution < -0.4 is 0 Å². The number of hydrogen-bond donors (Lipinski definition) is 0. The lowest BCUT2D eigenvalue weighted by Crippen LogP contribution is -2.32. The molecule has 1 aliphatic carbocycles. The molecule has 0 bridgehead atoms. The minimum absolute atomic E-state index is 0.111. The molecule has 0 unspecified atom stereocenters. The summed E-state index contributed by atoms with van der Waals surface area (Å²) in [6.45, 7) is 5.88. The van der Waals surface area contributed by atoms with Crippen LogP contribution in [0.1, 0.15) is 52.9 Å². The van der Waals surface area contributed by atoms with Crippen LogP contribution in [0.15, 0.2) is 0 Å². The van der Waals surface area contributed by atoms with E-state index in [2.05, 4.69) is 13.8 Å². The molecule has 0 aromatic rings. The molecule has 0 spiro atoms. The maximum atomic E-state index is 11.0. The van der Waals surface area contributed by atoms with Gasteiger partial charge < -0.3 is 4.74 Å². The van der Waals surface area contributed by atoms with Gasteiger partial charge in [0.05, 0.1) is 0 Å². The van der Waals surface area contributed by atoms with E-state index in [1.54, 1.807) is 0 Å². The zero-order valence-electron chi connectivity index (χ0n) is 8.93. The Morgan fingerprint density at radius 1 is 1.38 bits per heavy atom. The average molecular weight is 184 g/mol. The lowest BCUT2D eigenvalue weighted by atomic mass is 9.90. The van der Waals surface area contributed by atoms with Crippen LogP contribution in [0.3, 0.4) is 0 Å². The van der Waals surface area contributed by atoms with Gasteiger partial charge in [-0.15, -0.1) is 0 Å². The molecule has 0 heterocycles. The van der Waals surface area contributed by atoms with E-state index in [0.29, 0.717) is 5.92 Å². The molecule has 1 aliphatic rings. The molecule has 2 heteroatoms. The third kappa shape index (κ3) is 3.02. The van der Waals surface area contributed by atoms with Gasteiger partial charge in [0.1, 0.15) is 5.60 Å². The first-order chi connectivity index (χ1) is 6.04. The van der Waals surface area contributed by atoms with Gasteiger partial charge in [0.25, 0.3) is 0 Å². The number of carbonyl (C=O) groups excluding carboxylic acids is 1. The van der Waals surface area contributed by atoms with Gasteiger partial charge in [0.15, 0.2) is 0 Å². The first-order valence-corrected chi connectivity index (χ1v) is 5.24. The standard InChI is InChI=1S/C11H20O2/c1-9(2)8-11(13-10(3)12)6-4-5-7-11/h9H,4-8H2,1-3H3. The number of carbonyl (C=O) groups is 1. The molecule has 2 nitrogen and oxygen atoms in total. The van der Waals surface area contributed by atoms with Crippen molar-refractivity contribution in [2.45, 2.75) is 58.5 Å². The van der Waals surface area contributed by atoms with Crippen molar-refractivity contribution >= 4 is 5.97 Å². The average Bonchev–Trinajstić information content (AvgIpc) is 2.33. The molecule has 0 aliphatic heterocycles.